The second-order valence-electron chi connectivity index (χ2n) is 11.1. The Hall–Kier alpha value is -8.11. The zero-order chi connectivity index (χ0) is 42.0. The average Bonchev–Trinajstić information content (AvgIpc) is 3.05. The summed E-state index contributed by atoms with van der Waals surface area (Å²) in [6.07, 6.45) is -0.673. The SMILES string of the molecule is CC(=O)Oc1cc(OC(C)=O)nc(CC(=O)c2cc(C(=O)Nc3nc(OC(C)=O)cc(OC(C)=O)n3)cc(C(=O)Nc3nc(OC(C)=O)cc(OC(C)=O)n3)c2)n1. The molecule has 0 unspecified atom stereocenters. The fourth-order valence-electron chi connectivity index (χ4n) is 4.29. The van der Waals surface area contributed by atoms with Gasteiger partial charge in [-0.05, 0) is 18.2 Å². The van der Waals surface area contributed by atoms with Crippen LogP contribution in [0.25, 0.3) is 0 Å². The first kappa shape index (κ1) is 41.6. The molecular weight excluding hydrogens is 760 g/mol. The summed E-state index contributed by atoms with van der Waals surface area (Å²) in [6, 6.07) is 6.15. The van der Waals surface area contributed by atoms with E-state index in [-0.39, 0.29) is 34.3 Å². The van der Waals surface area contributed by atoms with Crippen LogP contribution in [0.4, 0.5) is 11.9 Å². The molecule has 0 saturated carbocycles. The molecule has 294 valence electrons. The van der Waals surface area contributed by atoms with Crippen LogP contribution in [0.3, 0.4) is 0 Å². The molecule has 0 atom stereocenters. The van der Waals surface area contributed by atoms with Crippen molar-refractivity contribution < 1.29 is 71.6 Å². The van der Waals surface area contributed by atoms with Crippen LogP contribution in [0.15, 0.2) is 36.4 Å². The van der Waals surface area contributed by atoms with Gasteiger partial charge >= 0.3 is 35.8 Å². The number of aromatic nitrogens is 6. The van der Waals surface area contributed by atoms with E-state index in [9.17, 15) is 43.2 Å². The maximum Gasteiger partial charge on any atom is 0.309 e. The third-order valence-corrected chi connectivity index (χ3v) is 6.12. The summed E-state index contributed by atoms with van der Waals surface area (Å²) in [5.41, 5.74) is -1.08. The van der Waals surface area contributed by atoms with E-state index in [1.807, 2.05) is 0 Å². The number of Topliss-reactive ketones (excluding diaryl/α,β-unsaturated/α-hetero) is 1. The number of carbonyl (C=O) groups excluding carboxylic acids is 9. The summed E-state index contributed by atoms with van der Waals surface area (Å²) in [4.78, 5) is 134. The molecule has 23 nitrogen and oxygen atoms in total. The Balaban J connectivity index is 1.78. The Morgan fingerprint density at radius 1 is 0.404 bits per heavy atom. The first-order valence-corrected chi connectivity index (χ1v) is 15.9. The number of benzene rings is 1. The summed E-state index contributed by atoms with van der Waals surface area (Å²) in [5, 5.41) is 4.58. The molecule has 4 aromatic rings. The monoisotopic (exact) mass is 788 g/mol. The van der Waals surface area contributed by atoms with Crippen molar-refractivity contribution in [1.82, 2.24) is 29.9 Å². The van der Waals surface area contributed by atoms with Crippen LogP contribution in [0, 0.1) is 0 Å². The van der Waals surface area contributed by atoms with Gasteiger partial charge in [0.25, 0.3) is 11.8 Å². The van der Waals surface area contributed by atoms with Crippen LogP contribution in [0.5, 0.6) is 35.3 Å². The summed E-state index contributed by atoms with van der Waals surface area (Å²) in [7, 11) is 0. The number of hydrogen-bond acceptors (Lipinski definition) is 21. The van der Waals surface area contributed by atoms with Gasteiger partial charge in [-0.15, -0.1) is 0 Å². The van der Waals surface area contributed by atoms with Crippen LogP contribution in [-0.4, -0.2) is 83.3 Å². The standard InChI is InChI=1S/C34H28N8O15/c1-14(43)52-25-11-26(53-15(2)44)36-24(35-25)10-23(49)20-7-21(31(50)41-33-37-27(54-16(3)45)12-28(38-33)55-17(4)46)9-22(8-20)32(51)42-34-39-29(56-18(5)47)13-30(40-34)57-19(6)48/h7-9,11-13H,10H2,1-6H3,(H,37,38,41,50)(H,39,40,42,51). The molecule has 3 heterocycles. The summed E-state index contributed by atoms with van der Waals surface area (Å²) >= 11 is 0. The molecule has 2 amide bonds. The van der Waals surface area contributed by atoms with Gasteiger partial charge in [-0.25, -0.2) is 0 Å². The number of carbonyl (C=O) groups is 9. The second kappa shape index (κ2) is 18.3. The number of rotatable bonds is 13. The molecule has 4 rings (SSSR count). The Labute approximate surface area is 319 Å². The molecule has 3 aromatic heterocycles. The molecule has 0 aliphatic heterocycles. The lowest BCUT2D eigenvalue weighted by Crippen LogP contribution is -2.20. The molecule has 0 aliphatic carbocycles. The molecule has 0 bridgehead atoms. The van der Waals surface area contributed by atoms with E-state index in [1.54, 1.807) is 0 Å². The van der Waals surface area contributed by atoms with Gasteiger partial charge in [-0.2, -0.15) is 29.9 Å². The highest BCUT2D eigenvalue weighted by molar-refractivity contribution is 6.11. The summed E-state index contributed by atoms with van der Waals surface area (Å²) < 4.78 is 29.7. The van der Waals surface area contributed by atoms with E-state index in [2.05, 4.69) is 40.5 Å². The molecule has 2 N–H and O–H groups in total. The van der Waals surface area contributed by atoms with Gasteiger partial charge < -0.3 is 28.4 Å². The topological polar surface area (TPSA) is 310 Å². The van der Waals surface area contributed by atoms with Gasteiger partial charge in [-0.1, -0.05) is 0 Å². The first-order chi connectivity index (χ1) is 26.8. The van der Waals surface area contributed by atoms with Crippen LogP contribution < -0.4 is 39.1 Å². The average molecular weight is 789 g/mol. The Morgan fingerprint density at radius 2 is 0.667 bits per heavy atom. The molecule has 1 aromatic carbocycles. The van der Waals surface area contributed by atoms with E-state index < -0.39 is 95.3 Å². The lowest BCUT2D eigenvalue weighted by molar-refractivity contribution is -0.133. The van der Waals surface area contributed by atoms with E-state index in [0.29, 0.717) is 0 Å². The van der Waals surface area contributed by atoms with Crippen molar-refractivity contribution >= 4 is 65.3 Å². The number of ketones is 1. The zero-order valence-electron chi connectivity index (χ0n) is 30.5. The molecule has 0 fully saturated rings. The van der Waals surface area contributed by atoms with Gasteiger partial charge in [0.2, 0.25) is 47.2 Å². The zero-order valence-corrected chi connectivity index (χ0v) is 30.5. The number of anilines is 2. The molecule has 23 heteroatoms. The van der Waals surface area contributed by atoms with E-state index >= 15 is 0 Å². The van der Waals surface area contributed by atoms with Gasteiger partial charge in [-0.3, -0.25) is 53.8 Å². The predicted octanol–water partition coefficient (Wildman–Crippen LogP) is 1.54. The van der Waals surface area contributed by atoms with Crippen molar-refractivity contribution in [1.29, 1.82) is 0 Å². The number of amides is 2. The third kappa shape index (κ3) is 13.1. The molecular formula is C34H28N8O15. The van der Waals surface area contributed by atoms with E-state index in [1.165, 1.54) is 0 Å². The van der Waals surface area contributed by atoms with Crippen molar-refractivity contribution in [3.8, 4) is 35.3 Å². The van der Waals surface area contributed by atoms with Crippen molar-refractivity contribution in [3.05, 3.63) is 58.9 Å². The minimum atomic E-state index is -1.05. The quantitative estimate of drug-likeness (QED) is 0.143. The highest BCUT2D eigenvalue weighted by atomic mass is 16.6. The van der Waals surface area contributed by atoms with E-state index in [4.69, 9.17) is 28.4 Å². The Kier molecular flexibility index (Phi) is 13.4. The Morgan fingerprint density at radius 3 is 0.947 bits per heavy atom. The second-order valence-corrected chi connectivity index (χ2v) is 11.1. The molecule has 0 radical (unpaired) electrons. The van der Waals surface area contributed by atoms with Crippen molar-refractivity contribution in [3.63, 3.8) is 0 Å². The highest BCUT2D eigenvalue weighted by Gasteiger charge is 2.22. The van der Waals surface area contributed by atoms with Crippen LogP contribution in [0.2, 0.25) is 0 Å². The smallest absolute Gasteiger partial charge is 0.309 e. The summed E-state index contributed by atoms with van der Waals surface area (Å²) in [5.74, 6) is -11.6. The largest absolute Gasteiger partial charge is 0.407 e. The predicted molar refractivity (Wildman–Crippen MR) is 184 cm³/mol. The van der Waals surface area contributed by atoms with Gasteiger partial charge in [0.05, 0.1) is 24.6 Å². The lowest BCUT2D eigenvalue weighted by atomic mass is 10.00. The number of nitrogens with zero attached hydrogens (tertiary/aromatic N) is 6. The van der Waals surface area contributed by atoms with Gasteiger partial charge in [0.1, 0.15) is 5.82 Å². The normalized spacial score (nSPS) is 10.3. The first-order valence-electron chi connectivity index (χ1n) is 15.9. The minimum absolute atomic E-state index is 0.307. The van der Waals surface area contributed by atoms with Crippen LogP contribution >= 0.6 is 0 Å². The molecule has 0 aliphatic rings. The van der Waals surface area contributed by atoms with E-state index in [0.717, 1.165) is 77.9 Å². The fourth-order valence-corrected chi connectivity index (χ4v) is 4.29. The maximum atomic E-state index is 13.7. The highest BCUT2D eigenvalue weighted by Crippen LogP contribution is 2.23. The van der Waals surface area contributed by atoms with Gasteiger partial charge in [0.15, 0.2) is 5.78 Å². The maximum absolute atomic E-state index is 13.7. The Bertz CT molecular complexity index is 1980. The van der Waals surface area contributed by atoms with Crippen molar-refractivity contribution in [2.45, 2.75) is 48.0 Å². The molecule has 57 heavy (non-hydrogen) atoms. The summed E-state index contributed by atoms with van der Waals surface area (Å²) in [6.45, 7) is 6.39. The lowest BCUT2D eigenvalue weighted by Gasteiger charge is -2.12. The van der Waals surface area contributed by atoms with Crippen LogP contribution in [-0.2, 0) is 35.2 Å². The number of hydrogen-bond donors (Lipinski definition) is 2. The molecule has 0 saturated heterocycles. The van der Waals surface area contributed by atoms with Gasteiger partial charge in [0, 0.05) is 58.2 Å². The number of ether oxygens (including phenoxy) is 6. The van der Waals surface area contributed by atoms with Crippen LogP contribution in [0.1, 0.15) is 78.4 Å². The third-order valence-electron chi connectivity index (χ3n) is 6.12. The number of esters is 6. The fraction of sp³-hybridized carbons (Fsp3) is 0.206. The molecule has 0 spiro atoms. The minimum Gasteiger partial charge on any atom is -0.407 e. The van der Waals surface area contributed by atoms with Crippen molar-refractivity contribution in [2.24, 2.45) is 0 Å². The number of nitrogens with one attached hydrogen (secondary N) is 2. The van der Waals surface area contributed by atoms with Crippen molar-refractivity contribution in [2.75, 3.05) is 10.6 Å².